The first-order valence-electron chi connectivity index (χ1n) is 36.8. The fourth-order valence-electron chi connectivity index (χ4n) is 7.69. The Morgan fingerprint density at radius 3 is 1.14 bits per heavy atom. The largest absolute Gasteiger partial charge is 0.398 e. The number of hydrogen-bond donors (Lipinski definition) is 8. The lowest BCUT2D eigenvalue weighted by Gasteiger charge is -2.30. The molecule has 0 unspecified atom stereocenters. The van der Waals surface area contributed by atoms with Crippen molar-refractivity contribution in [1.29, 1.82) is 0 Å². The van der Waals surface area contributed by atoms with Crippen LogP contribution in [0, 0.1) is 0 Å². The normalized spacial score (nSPS) is 38.2. The number of nitrogens with one attached hydrogen (secondary N) is 4. The van der Waals surface area contributed by atoms with Gasteiger partial charge in [-0.1, -0.05) is 58.0 Å². The van der Waals surface area contributed by atoms with Gasteiger partial charge in [0, 0.05) is 138 Å². The minimum Gasteiger partial charge on any atom is -0.398 e. The number of carbonyl (C=O) groups is 8. The predicted molar refractivity (Wildman–Crippen MR) is 291 cm³/mol. The van der Waals surface area contributed by atoms with E-state index in [0.29, 0.717) is 15.4 Å². The van der Waals surface area contributed by atoms with Crippen molar-refractivity contribution >= 4 is 70.0 Å². The van der Waals surface area contributed by atoms with E-state index in [9.17, 15) is 38.4 Å². The highest BCUT2D eigenvalue weighted by molar-refractivity contribution is 6.05. The lowest BCUT2D eigenvalue weighted by Crippen LogP contribution is -2.49. The van der Waals surface area contributed by atoms with E-state index in [0.717, 1.165) is 0 Å². The number of benzene rings is 4. The second-order valence-electron chi connectivity index (χ2n) is 16.2. The van der Waals surface area contributed by atoms with E-state index in [1.807, 2.05) is 16.0 Å². The molecule has 77 heavy (non-hydrogen) atoms. The van der Waals surface area contributed by atoms with Crippen molar-refractivity contribution in [2.24, 2.45) is 0 Å². The van der Waals surface area contributed by atoms with E-state index in [2.05, 4.69) is 31.6 Å². The Kier molecular flexibility index (Phi) is 7.85. The van der Waals surface area contributed by atoms with E-state index < -0.39 is 223 Å². The molecule has 4 aromatic carbocycles. The summed E-state index contributed by atoms with van der Waals surface area (Å²) in [7, 11) is 0. The number of hydrogen-bond acceptors (Lipinski definition) is 12. The molecule has 20 nitrogen and oxygen atoms in total. The minimum atomic E-state index is -3.48. The molecule has 12 N–H and O–H groups in total. The molecule has 4 fully saturated rings. The molecule has 8 amide bonds. The Morgan fingerprint density at radius 2 is 0.740 bits per heavy atom. The first-order valence-corrected chi connectivity index (χ1v) is 21.8. The molecular weight excluding hydrogens is 981 g/mol. The molecule has 0 bridgehead atoms. The average molecular weight is 1080 g/mol. The van der Waals surface area contributed by atoms with Gasteiger partial charge in [0.05, 0.1) is 19.2 Å². The molecule has 4 atom stereocenters. The van der Waals surface area contributed by atoms with E-state index in [4.69, 9.17) is 64.1 Å². The van der Waals surface area contributed by atoms with E-state index >= 15 is 0 Å². The molecule has 8 aliphatic rings. The fourth-order valence-corrected chi connectivity index (χ4v) is 7.69. The second-order valence-corrected chi connectivity index (χ2v) is 16.2. The lowest BCUT2D eigenvalue weighted by molar-refractivity contribution is -0.127. The van der Waals surface area contributed by atoms with Crippen LogP contribution in [0.2, 0.25) is 0 Å². The third-order valence-corrected chi connectivity index (χ3v) is 11.3. The Morgan fingerprint density at radius 1 is 0.442 bits per heavy atom. The first-order chi connectivity index (χ1) is 47.9. The van der Waals surface area contributed by atoms with E-state index in [1.54, 1.807) is 12.1 Å². The fraction of sp³-hybridized carbons (Fsp3) is 0.298. The Labute approximate surface area is 488 Å². The molecule has 12 rings (SSSR count). The van der Waals surface area contributed by atoms with Gasteiger partial charge in [-0.25, -0.2) is 0 Å². The summed E-state index contributed by atoms with van der Waals surface area (Å²) in [5.74, 6) is -9.85. The van der Waals surface area contributed by atoms with Crippen molar-refractivity contribution in [3.05, 3.63) is 166 Å². The zero-order valence-corrected chi connectivity index (χ0v) is 39.1. The van der Waals surface area contributed by atoms with Crippen LogP contribution in [0.3, 0.4) is 0 Å². The van der Waals surface area contributed by atoms with Crippen molar-refractivity contribution in [3.8, 4) is 0 Å². The molecule has 0 aromatic heterocycles. The summed E-state index contributed by atoms with van der Waals surface area (Å²) in [6.07, 6.45) is -24.6. The van der Waals surface area contributed by atoms with Crippen LogP contribution in [-0.4, -0.2) is 90.9 Å². The number of nitrogens with zero attached hydrogens (tertiary/aromatic N) is 4. The number of nitrogens with two attached hydrogens (primary N) is 4. The van der Waals surface area contributed by atoms with Crippen LogP contribution < -0.4 is 44.2 Å². The maximum absolute atomic E-state index is 13.0. The number of anilines is 4. The van der Waals surface area contributed by atoms with Gasteiger partial charge in [-0.05, 0) is 99.4 Å². The molecule has 0 spiro atoms. The number of nitrogen functional groups attached to an aromatic ring is 4. The second kappa shape index (κ2) is 21.9. The maximum Gasteiger partial charge on any atom is 0.255 e. The third-order valence-electron chi connectivity index (χ3n) is 11.3. The van der Waals surface area contributed by atoms with Gasteiger partial charge in [0.15, 0.2) is 0 Å². The summed E-state index contributed by atoms with van der Waals surface area (Å²) >= 11 is 0. The summed E-state index contributed by atoms with van der Waals surface area (Å²) in [5, 5.41) is 7.95. The molecule has 0 radical (unpaired) electrons. The third kappa shape index (κ3) is 10.6. The summed E-state index contributed by atoms with van der Waals surface area (Å²) in [6, 6.07) is -8.13. The number of piperidine rings is 4. The summed E-state index contributed by atoms with van der Waals surface area (Å²) in [5.41, 5.74) is 18.0. The highest BCUT2D eigenvalue weighted by atomic mass is 16.2. The summed E-state index contributed by atoms with van der Waals surface area (Å²) in [4.78, 5) is 103. The van der Waals surface area contributed by atoms with Gasteiger partial charge in [-0.3, -0.25) is 38.4 Å². The zero-order chi connectivity index (χ0) is 81.1. The van der Waals surface area contributed by atoms with Gasteiger partial charge in [0.2, 0.25) is 23.6 Å². The van der Waals surface area contributed by atoms with Crippen LogP contribution in [0.5, 0.6) is 0 Å². The number of fused-ring (bicyclic) bond motifs is 4. The van der Waals surface area contributed by atoms with Crippen molar-refractivity contribution in [1.82, 2.24) is 40.9 Å². The number of allylic oxidation sites excluding steroid dienone is 4. The molecule has 20 heteroatoms. The van der Waals surface area contributed by atoms with Crippen molar-refractivity contribution in [3.63, 3.8) is 0 Å². The van der Waals surface area contributed by atoms with Crippen LogP contribution in [0.4, 0.5) is 22.7 Å². The van der Waals surface area contributed by atoms with Gasteiger partial charge in [-0.15, -0.1) is 0 Å². The van der Waals surface area contributed by atoms with Crippen LogP contribution >= 0.6 is 0 Å². The van der Waals surface area contributed by atoms with Crippen LogP contribution in [0.15, 0.2) is 122 Å². The van der Waals surface area contributed by atoms with Crippen LogP contribution in [0.1, 0.15) is 163 Å². The summed E-state index contributed by atoms with van der Waals surface area (Å²) < 4.78 is 242. The quantitative estimate of drug-likeness (QED) is 0.129. The molecule has 4 aromatic rings. The lowest BCUT2D eigenvalue weighted by atomic mass is 10.0. The zero-order valence-electron chi connectivity index (χ0n) is 69.1. The molecule has 4 saturated heterocycles. The van der Waals surface area contributed by atoms with Gasteiger partial charge in [-0.2, -0.15) is 0 Å². The summed E-state index contributed by atoms with van der Waals surface area (Å²) in [6.45, 7) is 6.31. The Hall–Kier alpha value is -9.20. The molecule has 8 aliphatic heterocycles. The Bertz CT molecular complexity index is 4770. The topological polar surface area (TPSA) is 302 Å². The highest BCUT2D eigenvalue weighted by Crippen LogP contribution is 2.35. The SMILES string of the molecule is C.[2H]C1([2H])C(=C)NC(=O)[C@]([2H])(N2Cc3c(N)cccc3C2=O)C1([2H])[2H].[2H]C1([2H])c2c(N)cccc2C(=O)N1[C@@]1([2H])C(=O)NC(=C)C([2H])([2H])C1([2H])[2H].[2H]c1c([2H])c(N)c2c(c1[2H])C(=O)N([C@@]1([2H])C(=O)NC(=C)C([2H])([2H])C1([2H])[2H])C2.[2H]c1c([2H])c(N)c2c(c1[2H])C(=O)N([C@@]1([2H])C(=O)NC(=C)C([2H])([2H])C1([2H])[2H])C2([2H])[2H]. The monoisotopic (exact) mass is 1070 g/mol. The van der Waals surface area contributed by atoms with Crippen molar-refractivity contribution in [2.45, 2.75) is 109 Å². The minimum absolute atomic E-state index is 0. The molecule has 8 heterocycles. The number of carbonyl (C=O) groups excluding carboxylic acids is 8. The maximum atomic E-state index is 13.0. The standard InChI is InChI=1S/4C14H15N3O2.CH4/c4*1-8-5-6-12(13(18)16-8)17-7-10-9(14(17)19)3-2-4-11(10)15;/h4*2-4,12H,1,5-7,15H2,(H,16,18);1H4/t4*12-;/m1111./s1/i2D,3D,4D,5D2,6D2,7D2,12D;2D,3D,4D,5D2,6D2,12D;5D2,6D2,7D2,12D;5D2,6D2,12D;. The highest BCUT2D eigenvalue weighted by Gasteiger charge is 2.42. The number of rotatable bonds is 4. The Balaban J connectivity index is 0.000000180. The van der Waals surface area contributed by atoms with Gasteiger partial charge in [0.1, 0.15) is 24.1 Å². The van der Waals surface area contributed by atoms with E-state index in [1.165, 1.54) is 24.3 Å². The van der Waals surface area contributed by atoms with Gasteiger partial charge in [0.25, 0.3) is 23.6 Å². The average Bonchev–Trinajstić information content (AvgIpc) is 1.59. The van der Waals surface area contributed by atoms with Gasteiger partial charge < -0.3 is 63.8 Å². The first kappa shape index (κ1) is 27.5. The van der Waals surface area contributed by atoms with Crippen LogP contribution in [-0.2, 0) is 45.3 Å². The molecule has 0 aliphatic carbocycles. The smallest absolute Gasteiger partial charge is 0.255 e. The van der Waals surface area contributed by atoms with Gasteiger partial charge >= 0.3 is 0 Å². The molecular formula is C57H64N12O8. The molecule has 400 valence electrons. The number of amides is 8. The van der Waals surface area contributed by atoms with E-state index in [-0.39, 0.29) is 63.1 Å². The molecule has 0 saturated carbocycles. The van der Waals surface area contributed by atoms with Crippen molar-refractivity contribution in [2.75, 3.05) is 22.9 Å². The van der Waals surface area contributed by atoms with Crippen molar-refractivity contribution < 1.29 is 79.5 Å². The van der Waals surface area contributed by atoms with Crippen LogP contribution in [0.25, 0.3) is 0 Å². The predicted octanol–water partition coefficient (Wildman–Crippen LogP) is 4.70.